The van der Waals surface area contributed by atoms with Crippen LogP contribution in [0.3, 0.4) is 0 Å². The highest BCUT2D eigenvalue weighted by molar-refractivity contribution is 14.1. The molecule has 3 rings (SSSR count). The van der Waals surface area contributed by atoms with Crippen LogP contribution in [0, 0.1) is 9.39 Å². The van der Waals surface area contributed by atoms with Gasteiger partial charge >= 0.3 is 0 Å². The van der Waals surface area contributed by atoms with Gasteiger partial charge in [0.05, 0.1) is 29.9 Å². The number of aliphatic hydroxyl groups is 3. The van der Waals surface area contributed by atoms with Crippen LogP contribution in [0.5, 0.6) is 11.5 Å². The molecule has 0 spiro atoms. The van der Waals surface area contributed by atoms with E-state index in [1.54, 1.807) is 24.3 Å². The average molecular weight is 656 g/mol. The highest BCUT2D eigenvalue weighted by atomic mass is 127. The van der Waals surface area contributed by atoms with Crippen LogP contribution in [-0.2, 0) is 22.7 Å². The summed E-state index contributed by atoms with van der Waals surface area (Å²) in [6.07, 6.45) is 0.106. The van der Waals surface area contributed by atoms with Crippen molar-refractivity contribution >= 4 is 34.4 Å². The third kappa shape index (κ3) is 7.90. The molecule has 0 bridgehead atoms. The second-order valence-electron chi connectivity index (χ2n) is 9.18. The van der Waals surface area contributed by atoms with Crippen molar-refractivity contribution in [2.45, 2.75) is 57.6 Å². The van der Waals surface area contributed by atoms with E-state index in [0.717, 1.165) is 0 Å². The molecule has 2 aromatic carbocycles. The Kier molecular flexibility index (Phi) is 11.5. The van der Waals surface area contributed by atoms with Crippen LogP contribution in [0.4, 0.5) is 4.39 Å². The van der Waals surface area contributed by atoms with E-state index in [9.17, 15) is 29.3 Å². The van der Waals surface area contributed by atoms with Gasteiger partial charge in [-0.3, -0.25) is 9.59 Å². The fourth-order valence-electron chi connectivity index (χ4n) is 4.43. The first-order chi connectivity index (χ1) is 18.7. The summed E-state index contributed by atoms with van der Waals surface area (Å²) < 4.78 is 25.8. The Morgan fingerprint density at radius 1 is 1.18 bits per heavy atom. The van der Waals surface area contributed by atoms with Crippen molar-refractivity contribution in [3.63, 3.8) is 0 Å². The summed E-state index contributed by atoms with van der Waals surface area (Å²) in [5.41, 5.74) is 1.57. The molecule has 0 saturated carbocycles. The molecule has 39 heavy (non-hydrogen) atoms. The minimum Gasteiger partial charge on any atom is -0.493 e. The molecule has 3 atom stereocenters. The van der Waals surface area contributed by atoms with Crippen molar-refractivity contribution < 1.29 is 38.8 Å². The Bertz CT molecular complexity index is 1180. The van der Waals surface area contributed by atoms with E-state index in [1.807, 2.05) is 29.5 Å². The third-order valence-corrected chi connectivity index (χ3v) is 7.19. The summed E-state index contributed by atoms with van der Waals surface area (Å²) in [4.78, 5) is 27.8. The lowest BCUT2D eigenvalue weighted by molar-refractivity contribution is -0.139. The Hall–Kier alpha value is -2.74. The lowest BCUT2D eigenvalue weighted by Crippen LogP contribution is -2.54. The summed E-state index contributed by atoms with van der Waals surface area (Å²) in [5.74, 6) is -0.419. The zero-order chi connectivity index (χ0) is 28.5. The van der Waals surface area contributed by atoms with E-state index >= 15 is 0 Å². The Morgan fingerprint density at radius 3 is 2.51 bits per heavy atom. The number of hydrogen-bond acceptors (Lipinski definition) is 7. The monoisotopic (exact) mass is 656 g/mol. The number of nitrogens with zero attached hydrogens (tertiary/aromatic N) is 1. The van der Waals surface area contributed by atoms with Gasteiger partial charge in [-0.15, -0.1) is 0 Å². The number of rotatable bonds is 12. The summed E-state index contributed by atoms with van der Waals surface area (Å²) in [7, 11) is 1.46. The van der Waals surface area contributed by atoms with Crippen molar-refractivity contribution in [1.29, 1.82) is 0 Å². The van der Waals surface area contributed by atoms with E-state index in [4.69, 9.17) is 9.47 Å². The van der Waals surface area contributed by atoms with Gasteiger partial charge in [-0.05, 0) is 70.5 Å². The molecule has 1 aliphatic rings. The zero-order valence-electron chi connectivity index (χ0n) is 21.9. The standard InChI is InChI=1S/C28H34FIN2O7/c1-3-4-25(35)32(15-17-5-7-20(29)8-6-17)22-13-19(28(37)31-9-10-33)14-23(26(22)36)39-27-21(30)11-18(16-34)12-24(27)38-2/h5-8,11-12,14,22-23,26,33-34,36H,3-4,9-10,13,15-16H2,1-2H3,(H,31,37)/t22-,23+,26+/m1/s1. The average Bonchev–Trinajstić information content (AvgIpc) is 2.93. The first-order valence-corrected chi connectivity index (χ1v) is 13.8. The molecule has 9 nitrogen and oxygen atoms in total. The smallest absolute Gasteiger partial charge is 0.247 e. The third-order valence-electron chi connectivity index (χ3n) is 6.39. The number of nitrogens with one attached hydrogen (secondary N) is 1. The van der Waals surface area contributed by atoms with E-state index < -0.39 is 30.0 Å². The van der Waals surface area contributed by atoms with Gasteiger partial charge in [0.2, 0.25) is 11.8 Å². The quantitative estimate of drug-likeness (QED) is 0.259. The summed E-state index contributed by atoms with van der Waals surface area (Å²) in [5, 5.41) is 32.9. The van der Waals surface area contributed by atoms with E-state index in [-0.39, 0.29) is 50.6 Å². The van der Waals surface area contributed by atoms with Crippen LogP contribution >= 0.6 is 22.6 Å². The van der Waals surface area contributed by atoms with Crippen LogP contribution in [0.15, 0.2) is 48.0 Å². The molecule has 0 saturated heterocycles. The number of carbonyl (C=O) groups is 2. The lowest BCUT2D eigenvalue weighted by Gasteiger charge is -2.40. The largest absolute Gasteiger partial charge is 0.493 e. The van der Waals surface area contributed by atoms with Crippen molar-refractivity contribution in [2.75, 3.05) is 20.3 Å². The van der Waals surface area contributed by atoms with Crippen LogP contribution in [0.1, 0.15) is 37.3 Å². The topological polar surface area (TPSA) is 129 Å². The maximum Gasteiger partial charge on any atom is 0.247 e. The van der Waals surface area contributed by atoms with Gasteiger partial charge in [0.25, 0.3) is 0 Å². The number of methoxy groups -OCH3 is 1. The number of halogens is 2. The number of amides is 2. The van der Waals surface area contributed by atoms with Crippen molar-refractivity contribution in [2.24, 2.45) is 0 Å². The van der Waals surface area contributed by atoms with Crippen LogP contribution in [0.25, 0.3) is 0 Å². The molecule has 212 valence electrons. The van der Waals surface area contributed by atoms with Gasteiger partial charge in [-0.25, -0.2) is 4.39 Å². The fourth-order valence-corrected chi connectivity index (χ4v) is 5.22. The number of carbonyl (C=O) groups excluding carboxylic acids is 2. The van der Waals surface area contributed by atoms with Crippen molar-refractivity contribution in [3.05, 3.63) is 68.6 Å². The maximum absolute atomic E-state index is 13.5. The van der Waals surface area contributed by atoms with Crippen molar-refractivity contribution in [1.82, 2.24) is 10.2 Å². The minimum atomic E-state index is -1.22. The highest BCUT2D eigenvalue weighted by Gasteiger charge is 2.40. The minimum absolute atomic E-state index is 0.0390. The number of ether oxygens (including phenoxy) is 2. The summed E-state index contributed by atoms with van der Waals surface area (Å²) in [6, 6.07) is 8.26. The molecule has 2 aromatic rings. The highest BCUT2D eigenvalue weighted by Crippen LogP contribution is 2.37. The normalized spacial score (nSPS) is 18.7. The van der Waals surface area contributed by atoms with Crippen LogP contribution in [0.2, 0.25) is 0 Å². The number of benzene rings is 2. The molecule has 0 fully saturated rings. The first-order valence-electron chi connectivity index (χ1n) is 12.7. The molecule has 0 heterocycles. The van der Waals surface area contributed by atoms with Gasteiger partial charge in [0.1, 0.15) is 18.0 Å². The second kappa shape index (κ2) is 14.6. The van der Waals surface area contributed by atoms with E-state index in [0.29, 0.717) is 32.6 Å². The summed E-state index contributed by atoms with van der Waals surface area (Å²) >= 11 is 2.04. The van der Waals surface area contributed by atoms with Crippen molar-refractivity contribution in [3.8, 4) is 11.5 Å². The molecule has 4 N–H and O–H groups in total. The molecule has 0 aromatic heterocycles. The van der Waals surface area contributed by atoms with Crippen LogP contribution < -0.4 is 14.8 Å². The maximum atomic E-state index is 13.5. The van der Waals surface area contributed by atoms with E-state index in [2.05, 4.69) is 5.32 Å². The van der Waals surface area contributed by atoms with Gasteiger partial charge in [0.15, 0.2) is 11.5 Å². The van der Waals surface area contributed by atoms with Gasteiger partial charge in [0, 0.05) is 31.5 Å². The molecule has 0 unspecified atom stereocenters. The Balaban J connectivity index is 2.02. The zero-order valence-corrected chi connectivity index (χ0v) is 24.1. The fraction of sp³-hybridized carbons (Fsp3) is 0.429. The second-order valence-corrected chi connectivity index (χ2v) is 10.3. The Morgan fingerprint density at radius 2 is 1.90 bits per heavy atom. The molecular weight excluding hydrogens is 622 g/mol. The lowest BCUT2D eigenvalue weighted by atomic mass is 9.87. The predicted octanol–water partition coefficient (Wildman–Crippen LogP) is 2.68. The molecule has 1 aliphatic carbocycles. The molecule has 0 aliphatic heterocycles. The number of hydrogen-bond donors (Lipinski definition) is 4. The predicted molar refractivity (Wildman–Crippen MR) is 150 cm³/mol. The molecular formula is C28H34FIN2O7. The SMILES string of the molecule is CCCC(=O)N(Cc1ccc(F)cc1)[C@@H]1CC(C(=O)NCCO)=C[C@H](Oc2c(I)cc(CO)cc2OC)[C@H]1O. The van der Waals surface area contributed by atoms with Gasteiger partial charge in [-0.1, -0.05) is 19.1 Å². The first kappa shape index (κ1) is 30.8. The number of aliphatic hydroxyl groups excluding tert-OH is 3. The Labute approximate surface area is 240 Å². The molecule has 11 heteroatoms. The molecule has 0 radical (unpaired) electrons. The van der Waals surface area contributed by atoms with Gasteiger partial charge in [-0.2, -0.15) is 0 Å². The molecule has 2 amide bonds. The summed E-state index contributed by atoms with van der Waals surface area (Å²) in [6.45, 7) is 1.56. The van der Waals surface area contributed by atoms with Crippen LogP contribution in [-0.4, -0.2) is 70.5 Å². The van der Waals surface area contributed by atoms with Gasteiger partial charge < -0.3 is 35.0 Å². The van der Waals surface area contributed by atoms with E-state index in [1.165, 1.54) is 30.2 Å².